The molecule has 1 saturated heterocycles. The van der Waals surface area contributed by atoms with Crippen LogP contribution in [0.5, 0.6) is 5.75 Å². The van der Waals surface area contributed by atoms with Crippen molar-refractivity contribution in [3.63, 3.8) is 0 Å². The minimum absolute atomic E-state index is 0.149. The van der Waals surface area contributed by atoms with Crippen molar-refractivity contribution in [2.24, 2.45) is 4.99 Å². The Bertz CT molecular complexity index is 977. The summed E-state index contributed by atoms with van der Waals surface area (Å²) in [6.45, 7) is 8.59. The van der Waals surface area contributed by atoms with E-state index in [1.165, 1.54) is 23.0 Å². The van der Waals surface area contributed by atoms with Crippen LogP contribution in [-0.2, 0) is 4.79 Å². The van der Waals surface area contributed by atoms with Gasteiger partial charge in [0, 0.05) is 31.9 Å². The fraction of sp³-hybridized carbons (Fsp3) is 0.360. The second-order valence-corrected chi connectivity index (χ2v) is 8.90. The first-order valence-electron chi connectivity index (χ1n) is 10.9. The average molecular weight is 436 g/mol. The van der Waals surface area contributed by atoms with Gasteiger partial charge in [-0.2, -0.15) is 4.99 Å². The quantitative estimate of drug-likeness (QED) is 0.474. The molecule has 0 aromatic heterocycles. The van der Waals surface area contributed by atoms with E-state index in [9.17, 15) is 4.79 Å². The number of ether oxygens (including phenoxy) is 1. The zero-order valence-corrected chi connectivity index (χ0v) is 19.0. The summed E-state index contributed by atoms with van der Waals surface area (Å²) in [6.07, 6.45) is 4.09. The van der Waals surface area contributed by atoms with E-state index in [0.29, 0.717) is 4.91 Å². The van der Waals surface area contributed by atoms with E-state index in [1.807, 2.05) is 30.3 Å². The highest BCUT2D eigenvalue weighted by atomic mass is 32.2. The molecule has 0 N–H and O–H groups in total. The molecule has 31 heavy (non-hydrogen) atoms. The highest BCUT2D eigenvalue weighted by Crippen LogP contribution is 2.31. The lowest BCUT2D eigenvalue weighted by molar-refractivity contribution is -0.113. The lowest BCUT2D eigenvalue weighted by atomic mass is 10.2. The van der Waals surface area contributed by atoms with Crippen molar-refractivity contribution in [1.82, 2.24) is 4.90 Å². The normalized spacial score (nSPS) is 17.9. The fourth-order valence-corrected chi connectivity index (χ4v) is 4.62. The van der Waals surface area contributed by atoms with Crippen LogP contribution < -0.4 is 9.64 Å². The number of hydrogen-bond acceptors (Lipinski definition) is 5. The number of nitrogens with zero attached hydrogens (tertiary/aromatic N) is 3. The minimum atomic E-state index is -0.149. The summed E-state index contributed by atoms with van der Waals surface area (Å²) in [5, 5.41) is 0.819. The molecular formula is C25H29N3O2S. The molecule has 0 aliphatic carbocycles. The van der Waals surface area contributed by atoms with Gasteiger partial charge >= 0.3 is 0 Å². The molecule has 2 aliphatic rings. The van der Waals surface area contributed by atoms with Crippen molar-refractivity contribution in [2.75, 3.05) is 37.7 Å². The number of carbonyl (C=O) groups excluding carboxylic acids is 1. The molecule has 2 aliphatic heterocycles. The maximum absolute atomic E-state index is 12.5. The zero-order chi connectivity index (χ0) is 21.6. The monoisotopic (exact) mass is 435 g/mol. The molecule has 2 aromatic carbocycles. The van der Waals surface area contributed by atoms with Gasteiger partial charge in [-0.3, -0.25) is 4.79 Å². The molecule has 4 rings (SSSR count). The number of hydrogen-bond donors (Lipinski definition) is 0. The second-order valence-electron chi connectivity index (χ2n) is 7.89. The summed E-state index contributed by atoms with van der Waals surface area (Å²) in [7, 11) is 0. The largest absolute Gasteiger partial charge is 0.494 e. The molecule has 162 valence electrons. The molecule has 6 heteroatoms. The molecule has 5 nitrogen and oxygen atoms in total. The number of rotatable bonds is 6. The van der Waals surface area contributed by atoms with Gasteiger partial charge in [-0.15, -0.1) is 0 Å². The molecule has 0 radical (unpaired) electrons. The summed E-state index contributed by atoms with van der Waals surface area (Å²) in [5.74, 6) is 0.716. The molecule has 0 spiro atoms. The zero-order valence-electron chi connectivity index (χ0n) is 18.2. The van der Waals surface area contributed by atoms with Crippen molar-refractivity contribution in [2.45, 2.75) is 26.7 Å². The molecule has 0 unspecified atom stereocenters. The highest BCUT2D eigenvalue weighted by molar-refractivity contribution is 8.18. The Morgan fingerprint density at radius 3 is 2.52 bits per heavy atom. The predicted octanol–water partition coefficient (Wildman–Crippen LogP) is 4.97. The van der Waals surface area contributed by atoms with Gasteiger partial charge in [-0.25, -0.2) is 0 Å². The van der Waals surface area contributed by atoms with Gasteiger partial charge in [-0.05, 0) is 66.6 Å². The molecule has 0 atom stereocenters. The van der Waals surface area contributed by atoms with Crippen LogP contribution in [0.1, 0.15) is 30.9 Å². The Morgan fingerprint density at radius 2 is 1.81 bits per heavy atom. The van der Waals surface area contributed by atoms with Gasteiger partial charge < -0.3 is 14.5 Å². The third-order valence-corrected chi connectivity index (χ3v) is 6.52. The van der Waals surface area contributed by atoms with Crippen molar-refractivity contribution in [3.05, 3.63) is 64.6 Å². The summed E-state index contributed by atoms with van der Waals surface area (Å²) < 4.78 is 5.71. The van der Waals surface area contributed by atoms with Gasteiger partial charge in [0.15, 0.2) is 5.17 Å². The minimum Gasteiger partial charge on any atom is -0.494 e. The summed E-state index contributed by atoms with van der Waals surface area (Å²) in [4.78, 5) is 22.1. The number of carbonyl (C=O) groups is 1. The third kappa shape index (κ3) is 5.50. The predicted molar refractivity (Wildman–Crippen MR) is 130 cm³/mol. The number of unbranched alkanes of at least 4 members (excludes halogenated alkanes) is 1. The first kappa shape index (κ1) is 21.5. The SMILES string of the molecule is CCCCOc1ccc(C=C2SC(N3CCN(c4cccc(C)c4)CC3)=NC2=O)cc1. The Kier molecular flexibility index (Phi) is 6.97. The number of aryl methyl sites for hydroxylation is 1. The van der Waals surface area contributed by atoms with E-state index in [0.717, 1.165) is 62.1 Å². The second kappa shape index (κ2) is 10.1. The smallest absolute Gasteiger partial charge is 0.286 e. The van der Waals surface area contributed by atoms with Crippen LogP contribution in [0.4, 0.5) is 5.69 Å². The van der Waals surface area contributed by atoms with Crippen molar-refractivity contribution in [3.8, 4) is 5.75 Å². The van der Waals surface area contributed by atoms with E-state index in [4.69, 9.17) is 4.74 Å². The fourth-order valence-electron chi connectivity index (χ4n) is 3.66. The average Bonchev–Trinajstić information content (AvgIpc) is 3.15. The van der Waals surface area contributed by atoms with Gasteiger partial charge in [-0.1, -0.05) is 37.6 Å². The van der Waals surface area contributed by atoms with Crippen LogP contribution in [0.25, 0.3) is 6.08 Å². The number of aliphatic imine (C=N–C) groups is 1. The van der Waals surface area contributed by atoms with Crippen LogP contribution in [0.3, 0.4) is 0 Å². The first-order chi connectivity index (χ1) is 15.1. The molecular weight excluding hydrogens is 406 g/mol. The van der Waals surface area contributed by atoms with Crippen LogP contribution in [0, 0.1) is 6.92 Å². The highest BCUT2D eigenvalue weighted by Gasteiger charge is 2.28. The van der Waals surface area contributed by atoms with E-state index >= 15 is 0 Å². The summed E-state index contributed by atoms with van der Waals surface area (Å²) >= 11 is 1.48. The lowest BCUT2D eigenvalue weighted by Gasteiger charge is -2.36. The topological polar surface area (TPSA) is 45.1 Å². The summed E-state index contributed by atoms with van der Waals surface area (Å²) in [6, 6.07) is 16.5. The molecule has 1 amide bonds. The lowest BCUT2D eigenvalue weighted by Crippen LogP contribution is -2.47. The number of thioether (sulfide) groups is 1. The number of anilines is 1. The third-order valence-electron chi connectivity index (χ3n) is 5.47. The van der Waals surface area contributed by atoms with Crippen molar-refractivity contribution in [1.29, 1.82) is 0 Å². The maximum atomic E-state index is 12.5. The Hall–Kier alpha value is -2.73. The van der Waals surface area contributed by atoms with Crippen LogP contribution in [0.15, 0.2) is 58.4 Å². The van der Waals surface area contributed by atoms with Gasteiger partial charge in [0.2, 0.25) is 0 Å². The Morgan fingerprint density at radius 1 is 1.06 bits per heavy atom. The van der Waals surface area contributed by atoms with Crippen LogP contribution in [0.2, 0.25) is 0 Å². The van der Waals surface area contributed by atoms with Gasteiger partial charge in [0.1, 0.15) is 5.75 Å². The van der Waals surface area contributed by atoms with Gasteiger partial charge in [0.25, 0.3) is 5.91 Å². The molecule has 0 bridgehead atoms. The Labute approximate surface area is 188 Å². The van der Waals surface area contributed by atoms with E-state index < -0.39 is 0 Å². The van der Waals surface area contributed by atoms with Crippen LogP contribution >= 0.6 is 11.8 Å². The number of amides is 1. The van der Waals surface area contributed by atoms with E-state index in [2.05, 4.69) is 52.9 Å². The number of piperazine rings is 1. The van der Waals surface area contributed by atoms with Crippen molar-refractivity contribution >= 4 is 34.6 Å². The molecule has 2 aromatic rings. The van der Waals surface area contributed by atoms with Crippen LogP contribution in [-0.4, -0.2) is 48.8 Å². The van der Waals surface area contributed by atoms with E-state index in [1.54, 1.807) is 0 Å². The summed E-state index contributed by atoms with van der Waals surface area (Å²) in [5.41, 5.74) is 3.52. The first-order valence-corrected chi connectivity index (χ1v) is 11.8. The van der Waals surface area contributed by atoms with Crippen molar-refractivity contribution < 1.29 is 9.53 Å². The standard InChI is InChI=1S/C25H29N3O2S/c1-3-4-16-30-22-10-8-20(9-11-22)18-23-24(29)26-25(31-23)28-14-12-27(13-15-28)21-7-5-6-19(2)17-21/h5-11,17-18H,3-4,12-16H2,1-2H3. The Balaban J connectivity index is 1.33. The number of benzene rings is 2. The molecule has 0 saturated carbocycles. The van der Waals surface area contributed by atoms with Gasteiger partial charge in [0.05, 0.1) is 11.5 Å². The number of amidine groups is 1. The molecule has 2 heterocycles. The van der Waals surface area contributed by atoms with E-state index in [-0.39, 0.29) is 5.91 Å². The molecule has 1 fully saturated rings. The maximum Gasteiger partial charge on any atom is 0.286 e.